The molecule has 0 saturated heterocycles. The number of carbonyl (C=O) groups excluding carboxylic acids is 1. The van der Waals surface area contributed by atoms with E-state index < -0.39 is 0 Å². The van der Waals surface area contributed by atoms with E-state index in [-0.39, 0.29) is 17.8 Å². The summed E-state index contributed by atoms with van der Waals surface area (Å²) in [7, 11) is 0. The van der Waals surface area contributed by atoms with Gasteiger partial charge in [-0.2, -0.15) is 0 Å². The number of rotatable bonds is 0. The quantitative estimate of drug-likeness (QED) is 0.756. The molecule has 2 aromatic carbocycles. The molecule has 2 N–H and O–H groups in total. The van der Waals surface area contributed by atoms with Gasteiger partial charge >= 0.3 is 0 Å². The molecule has 2 aromatic rings. The Kier molecular flexibility index (Phi) is 1.93. The van der Waals surface area contributed by atoms with Crippen molar-refractivity contribution in [3.8, 4) is 5.75 Å². The Morgan fingerprint density at radius 1 is 1.21 bits per heavy atom. The number of amides is 1. The van der Waals surface area contributed by atoms with E-state index in [0.717, 1.165) is 12.1 Å². The Bertz CT molecular complexity index is 696. The van der Waals surface area contributed by atoms with E-state index in [9.17, 15) is 9.90 Å². The van der Waals surface area contributed by atoms with Crippen LogP contribution in [0.25, 0.3) is 0 Å². The van der Waals surface area contributed by atoms with E-state index in [1.807, 2.05) is 24.3 Å². The maximum atomic E-state index is 12.6. The first kappa shape index (κ1) is 10.4. The van der Waals surface area contributed by atoms with Crippen LogP contribution >= 0.6 is 0 Å². The second kappa shape index (κ2) is 3.51. The largest absolute Gasteiger partial charge is 0.508 e. The van der Waals surface area contributed by atoms with Crippen LogP contribution < -0.4 is 10.2 Å². The standard InChI is InChI=1S/C15H12N2O2/c18-10-5-6-11-12(8-10)16-14-7-9-3-1-2-4-13(9)17(14)15(11)19/h1-6,8,14,16,18H,7H2/t14-/m0/s1. The van der Waals surface area contributed by atoms with Crippen molar-refractivity contribution in [3.63, 3.8) is 0 Å². The molecule has 0 radical (unpaired) electrons. The van der Waals surface area contributed by atoms with Crippen molar-refractivity contribution in [2.75, 3.05) is 10.2 Å². The summed E-state index contributed by atoms with van der Waals surface area (Å²) in [6.45, 7) is 0. The topological polar surface area (TPSA) is 52.6 Å². The highest BCUT2D eigenvalue weighted by Gasteiger charge is 2.38. The van der Waals surface area contributed by atoms with Crippen LogP contribution in [0.5, 0.6) is 5.75 Å². The van der Waals surface area contributed by atoms with Gasteiger partial charge in [-0.3, -0.25) is 9.69 Å². The summed E-state index contributed by atoms with van der Waals surface area (Å²) >= 11 is 0. The second-order valence-corrected chi connectivity index (χ2v) is 4.90. The maximum Gasteiger partial charge on any atom is 0.262 e. The zero-order valence-electron chi connectivity index (χ0n) is 10.1. The van der Waals surface area contributed by atoms with Crippen molar-refractivity contribution < 1.29 is 9.90 Å². The highest BCUT2D eigenvalue weighted by Crippen LogP contribution is 2.38. The molecule has 1 atom stereocenters. The molecule has 0 bridgehead atoms. The lowest BCUT2D eigenvalue weighted by molar-refractivity contribution is 0.0978. The average molecular weight is 252 g/mol. The van der Waals surface area contributed by atoms with Crippen LogP contribution in [0.2, 0.25) is 0 Å². The van der Waals surface area contributed by atoms with Crippen LogP contribution in [0.4, 0.5) is 11.4 Å². The number of phenolic OH excluding ortho intramolecular Hbond substituents is 1. The second-order valence-electron chi connectivity index (χ2n) is 4.90. The number of carbonyl (C=O) groups is 1. The molecule has 94 valence electrons. The molecule has 4 rings (SSSR count). The first-order chi connectivity index (χ1) is 9.24. The molecule has 0 saturated carbocycles. The first-order valence-electron chi connectivity index (χ1n) is 6.25. The number of hydrogen-bond donors (Lipinski definition) is 2. The summed E-state index contributed by atoms with van der Waals surface area (Å²) in [5.41, 5.74) is 3.46. The van der Waals surface area contributed by atoms with Crippen LogP contribution in [-0.2, 0) is 6.42 Å². The van der Waals surface area contributed by atoms with E-state index in [1.54, 1.807) is 23.1 Å². The molecule has 0 fully saturated rings. The van der Waals surface area contributed by atoms with Crippen LogP contribution in [0.15, 0.2) is 42.5 Å². The fraction of sp³-hybridized carbons (Fsp3) is 0.133. The molecule has 0 spiro atoms. The lowest BCUT2D eigenvalue weighted by Crippen LogP contribution is -2.46. The van der Waals surface area contributed by atoms with E-state index in [1.165, 1.54) is 5.56 Å². The Morgan fingerprint density at radius 2 is 2.05 bits per heavy atom. The normalized spacial score (nSPS) is 19.5. The number of aromatic hydroxyl groups is 1. The van der Waals surface area contributed by atoms with Gasteiger partial charge in [0.1, 0.15) is 11.9 Å². The number of fused-ring (bicyclic) bond motifs is 4. The van der Waals surface area contributed by atoms with E-state index >= 15 is 0 Å². The third kappa shape index (κ3) is 1.37. The summed E-state index contributed by atoms with van der Waals surface area (Å²) in [5.74, 6) is 0.159. The minimum atomic E-state index is -0.0563. The van der Waals surface area contributed by atoms with Gasteiger partial charge in [0.15, 0.2) is 0 Å². The molecule has 4 heteroatoms. The van der Waals surface area contributed by atoms with E-state index in [2.05, 4.69) is 5.32 Å². The zero-order valence-corrected chi connectivity index (χ0v) is 10.1. The number of hydrogen-bond acceptors (Lipinski definition) is 3. The Morgan fingerprint density at radius 3 is 2.95 bits per heavy atom. The molecule has 4 nitrogen and oxygen atoms in total. The van der Waals surface area contributed by atoms with E-state index in [0.29, 0.717) is 11.3 Å². The van der Waals surface area contributed by atoms with Crippen LogP contribution in [-0.4, -0.2) is 17.2 Å². The molecule has 2 aliphatic rings. The predicted octanol–water partition coefficient (Wildman–Crippen LogP) is 2.35. The van der Waals surface area contributed by atoms with Gasteiger partial charge in [0.25, 0.3) is 5.91 Å². The molecular weight excluding hydrogens is 240 g/mol. The third-order valence-electron chi connectivity index (χ3n) is 3.75. The predicted molar refractivity (Wildman–Crippen MR) is 72.5 cm³/mol. The molecule has 1 amide bonds. The number of phenols is 1. The summed E-state index contributed by atoms with van der Waals surface area (Å²) < 4.78 is 0. The van der Waals surface area contributed by atoms with Gasteiger partial charge < -0.3 is 10.4 Å². The fourth-order valence-electron chi connectivity index (χ4n) is 2.90. The third-order valence-corrected chi connectivity index (χ3v) is 3.75. The Balaban J connectivity index is 1.86. The highest BCUT2D eigenvalue weighted by molar-refractivity contribution is 6.13. The maximum absolute atomic E-state index is 12.6. The lowest BCUT2D eigenvalue weighted by atomic mass is 10.1. The van der Waals surface area contributed by atoms with Gasteiger partial charge in [0.2, 0.25) is 0 Å². The first-order valence-corrected chi connectivity index (χ1v) is 6.25. The highest BCUT2D eigenvalue weighted by atomic mass is 16.3. The van der Waals surface area contributed by atoms with Crippen molar-refractivity contribution in [1.82, 2.24) is 0 Å². The van der Waals surface area contributed by atoms with Gasteiger partial charge in [-0.15, -0.1) is 0 Å². The number of nitrogens with zero attached hydrogens (tertiary/aromatic N) is 1. The molecule has 19 heavy (non-hydrogen) atoms. The van der Waals surface area contributed by atoms with Gasteiger partial charge in [-0.1, -0.05) is 18.2 Å². The Hall–Kier alpha value is -2.49. The smallest absolute Gasteiger partial charge is 0.262 e. The fourth-order valence-corrected chi connectivity index (χ4v) is 2.90. The molecular formula is C15H12N2O2. The van der Waals surface area contributed by atoms with Gasteiger partial charge in [-0.25, -0.2) is 0 Å². The SMILES string of the molecule is O=C1c2ccc(O)cc2N[C@@H]2Cc3ccccc3N12. The Labute approximate surface area is 110 Å². The van der Waals surface area contributed by atoms with Gasteiger partial charge in [0, 0.05) is 18.2 Å². The summed E-state index contributed by atoms with van der Waals surface area (Å²) in [6.07, 6.45) is 0.732. The van der Waals surface area contributed by atoms with Crippen LogP contribution in [0, 0.1) is 0 Å². The minimum Gasteiger partial charge on any atom is -0.508 e. The molecule has 2 heterocycles. The van der Waals surface area contributed by atoms with Gasteiger partial charge in [-0.05, 0) is 23.8 Å². The molecule has 0 aliphatic carbocycles. The summed E-state index contributed by atoms with van der Waals surface area (Å²) in [4.78, 5) is 14.4. The lowest BCUT2D eigenvalue weighted by Gasteiger charge is -2.33. The number of para-hydroxylation sites is 1. The number of anilines is 2. The van der Waals surface area contributed by atoms with E-state index in [4.69, 9.17) is 0 Å². The number of nitrogens with one attached hydrogen (secondary N) is 1. The van der Waals surface area contributed by atoms with Crippen LogP contribution in [0.1, 0.15) is 15.9 Å². The number of benzene rings is 2. The molecule has 0 unspecified atom stereocenters. The van der Waals surface area contributed by atoms with Gasteiger partial charge in [0.05, 0.1) is 11.3 Å². The van der Waals surface area contributed by atoms with Crippen molar-refractivity contribution in [1.29, 1.82) is 0 Å². The summed E-state index contributed by atoms with van der Waals surface area (Å²) in [5, 5.41) is 12.8. The van der Waals surface area contributed by atoms with Crippen molar-refractivity contribution >= 4 is 17.3 Å². The van der Waals surface area contributed by atoms with Crippen molar-refractivity contribution in [3.05, 3.63) is 53.6 Å². The zero-order chi connectivity index (χ0) is 13.0. The molecule has 2 aliphatic heterocycles. The molecule has 0 aromatic heterocycles. The minimum absolute atomic E-state index is 0.0105. The monoisotopic (exact) mass is 252 g/mol. The summed E-state index contributed by atoms with van der Waals surface area (Å²) in [6, 6.07) is 12.8. The van der Waals surface area contributed by atoms with Crippen molar-refractivity contribution in [2.24, 2.45) is 0 Å². The average Bonchev–Trinajstić information content (AvgIpc) is 2.76. The van der Waals surface area contributed by atoms with Crippen LogP contribution in [0.3, 0.4) is 0 Å². The van der Waals surface area contributed by atoms with Crippen molar-refractivity contribution in [2.45, 2.75) is 12.6 Å².